The molecule has 142 valence electrons. The number of ether oxygens (including phenoxy) is 1. The fourth-order valence-electron chi connectivity index (χ4n) is 2.74. The van der Waals surface area contributed by atoms with Gasteiger partial charge in [-0.15, -0.1) is 0 Å². The summed E-state index contributed by atoms with van der Waals surface area (Å²) in [5.41, 5.74) is 0.853. The number of hydrogen-bond acceptors (Lipinski definition) is 4. The average molecular weight is 378 g/mol. The Bertz CT molecular complexity index is 797. The van der Waals surface area contributed by atoms with Crippen LogP contribution in [0.2, 0.25) is 0 Å². The van der Waals surface area contributed by atoms with Gasteiger partial charge in [-0.3, -0.25) is 4.55 Å². The summed E-state index contributed by atoms with van der Waals surface area (Å²) in [5, 5.41) is 9.30. The van der Waals surface area contributed by atoms with E-state index in [4.69, 9.17) is 4.74 Å². The van der Waals surface area contributed by atoms with E-state index in [0.717, 1.165) is 24.8 Å². The van der Waals surface area contributed by atoms with Crippen molar-refractivity contribution in [2.24, 2.45) is 0 Å². The molecule has 0 saturated carbocycles. The van der Waals surface area contributed by atoms with E-state index in [0.29, 0.717) is 5.75 Å². The minimum atomic E-state index is -4.40. The van der Waals surface area contributed by atoms with Crippen molar-refractivity contribution in [3.05, 3.63) is 48.0 Å². The molecule has 0 aliphatic heterocycles. The first-order chi connectivity index (χ1) is 12.4. The van der Waals surface area contributed by atoms with Crippen molar-refractivity contribution >= 4 is 10.1 Å². The van der Waals surface area contributed by atoms with Crippen LogP contribution in [-0.2, 0) is 16.5 Å². The van der Waals surface area contributed by atoms with Gasteiger partial charge in [0.05, 0.1) is 0 Å². The first-order valence-electron chi connectivity index (χ1n) is 8.97. The maximum Gasteiger partial charge on any atom is 0.298 e. The minimum Gasteiger partial charge on any atom is -0.508 e. The number of hydrogen-bond donors (Lipinski definition) is 2. The van der Waals surface area contributed by atoms with Crippen LogP contribution in [0.3, 0.4) is 0 Å². The van der Waals surface area contributed by atoms with E-state index >= 15 is 0 Å². The van der Waals surface area contributed by atoms with Crippen LogP contribution in [0, 0.1) is 0 Å². The predicted molar refractivity (Wildman–Crippen MR) is 102 cm³/mol. The monoisotopic (exact) mass is 378 g/mol. The van der Waals surface area contributed by atoms with Crippen LogP contribution in [0.4, 0.5) is 0 Å². The second-order valence-electron chi connectivity index (χ2n) is 6.37. The molecule has 2 aromatic carbocycles. The van der Waals surface area contributed by atoms with Gasteiger partial charge in [0.1, 0.15) is 22.1 Å². The van der Waals surface area contributed by atoms with Crippen molar-refractivity contribution in [2.45, 2.75) is 56.8 Å². The minimum absolute atomic E-state index is 0.0601. The van der Waals surface area contributed by atoms with Gasteiger partial charge in [0.15, 0.2) is 0 Å². The molecule has 0 aliphatic carbocycles. The van der Waals surface area contributed by atoms with Crippen molar-refractivity contribution in [1.82, 2.24) is 0 Å². The van der Waals surface area contributed by atoms with Crippen LogP contribution < -0.4 is 4.74 Å². The first-order valence-corrected chi connectivity index (χ1v) is 10.4. The van der Waals surface area contributed by atoms with E-state index in [2.05, 4.69) is 6.92 Å². The highest BCUT2D eigenvalue weighted by molar-refractivity contribution is 7.86. The summed E-state index contributed by atoms with van der Waals surface area (Å²) in [4.78, 5) is -0.242. The summed E-state index contributed by atoms with van der Waals surface area (Å²) >= 11 is 0. The number of phenols is 1. The molecule has 0 bridgehead atoms. The molecule has 2 rings (SSSR count). The third kappa shape index (κ3) is 6.35. The van der Waals surface area contributed by atoms with Crippen LogP contribution in [0.25, 0.3) is 0 Å². The van der Waals surface area contributed by atoms with Crippen molar-refractivity contribution in [3.63, 3.8) is 0 Å². The highest BCUT2D eigenvalue weighted by Gasteiger charge is 2.18. The lowest BCUT2D eigenvalue weighted by atomic mass is 10.0. The Morgan fingerprint density at radius 1 is 0.923 bits per heavy atom. The number of rotatable bonds is 10. The molecule has 2 N–H and O–H groups in total. The topological polar surface area (TPSA) is 83.8 Å². The fourth-order valence-corrected chi connectivity index (χ4v) is 3.41. The zero-order valence-corrected chi connectivity index (χ0v) is 15.8. The standard InChI is InChI=1S/C20H26O5S/c1-2-3-4-5-6-7-8-16-9-14-19(20(15-16)26(22,23)24)25-18-12-10-17(21)11-13-18/h9-15,21H,2-8H2,1H3,(H,22,23,24). The molecule has 26 heavy (non-hydrogen) atoms. The smallest absolute Gasteiger partial charge is 0.298 e. The summed E-state index contributed by atoms with van der Waals surface area (Å²) in [5.74, 6) is 0.517. The van der Waals surface area contributed by atoms with Crippen molar-refractivity contribution < 1.29 is 22.8 Å². The van der Waals surface area contributed by atoms with E-state index in [1.54, 1.807) is 6.07 Å². The predicted octanol–water partition coefficient (Wildman–Crippen LogP) is 5.33. The van der Waals surface area contributed by atoms with E-state index < -0.39 is 10.1 Å². The van der Waals surface area contributed by atoms with Crippen LogP contribution in [0.1, 0.15) is 51.0 Å². The number of aromatic hydroxyl groups is 1. The van der Waals surface area contributed by atoms with Crippen LogP contribution in [0.5, 0.6) is 17.2 Å². The molecule has 6 heteroatoms. The third-order valence-electron chi connectivity index (χ3n) is 4.17. The Labute approximate surface area is 155 Å². The molecule has 0 radical (unpaired) electrons. The molecule has 5 nitrogen and oxygen atoms in total. The zero-order valence-electron chi connectivity index (χ0n) is 15.0. The Morgan fingerprint density at radius 2 is 1.58 bits per heavy atom. The number of aryl methyl sites for hydroxylation is 1. The number of benzene rings is 2. The Kier molecular flexibility index (Phi) is 7.48. The molecule has 2 aromatic rings. The van der Waals surface area contributed by atoms with E-state index in [1.807, 2.05) is 6.07 Å². The molecular weight excluding hydrogens is 352 g/mol. The lowest BCUT2D eigenvalue weighted by Gasteiger charge is -2.11. The van der Waals surface area contributed by atoms with Crippen molar-refractivity contribution in [1.29, 1.82) is 0 Å². The van der Waals surface area contributed by atoms with Crippen molar-refractivity contribution in [3.8, 4) is 17.2 Å². The summed E-state index contributed by atoms with van der Waals surface area (Å²) in [6, 6.07) is 10.8. The molecule has 0 amide bonds. The van der Waals surface area contributed by atoms with Gasteiger partial charge in [0.25, 0.3) is 10.1 Å². The lowest BCUT2D eigenvalue weighted by molar-refractivity contribution is 0.445. The van der Waals surface area contributed by atoms with E-state index in [1.165, 1.54) is 56.0 Å². The second kappa shape index (κ2) is 9.59. The van der Waals surface area contributed by atoms with E-state index in [9.17, 15) is 18.1 Å². The maximum atomic E-state index is 11.7. The molecule has 0 fully saturated rings. The largest absolute Gasteiger partial charge is 0.508 e. The zero-order chi connectivity index (χ0) is 19.0. The molecule has 0 aromatic heterocycles. The quantitative estimate of drug-likeness (QED) is 0.431. The maximum absolute atomic E-state index is 11.7. The number of phenolic OH excluding ortho intramolecular Hbond substituents is 1. The summed E-state index contributed by atoms with van der Waals surface area (Å²) in [7, 11) is -4.40. The Morgan fingerprint density at radius 3 is 2.23 bits per heavy atom. The van der Waals surface area contributed by atoms with Gasteiger partial charge in [0, 0.05) is 0 Å². The molecule has 0 atom stereocenters. The highest BCUT2D eigenvalue weighted by atomic mass is 32.2. The molecular formula is C20H26O5S. The van der Waals surface area contributed by atoms with Gasteiger partial charge in [-0.25, -0.2) is 0 Å². The molecule has 0 unspecified atom stereocenters. The van der Waals surface area contributed by atoms with Gasteiger partial charge in [-0.2, -0.15) is 8.42 Å². The van der Waals surface area contributed by atoms with Gasteiger partial charge < -0.3 is 9.84 Å². The van der Waals surface area contributed by atoms with E-state index in [-0.39, 0.29) is 16.4 Å². The molecule has 0 saturated heterocycles. The third-order valence-corrected chi connectivity index (χ3v) is 5.04. The highest BCUT2D eigenvalue weighted by Crippen LogP contribution is 2.31. The van der Waals surface area contributed by atoms with Crippen molar-refractivity contribution in [2.75, 3.05) is 0 Å². The Hall–Kier alpha value is -2.05. The Balaban J connectivity index is 2.08. The molecule has 0 heterocycles. The van der Waals surface area contributed by atoms with Gasteiger partial charge >= 0.3 is 0 Å². The van der Waals surface area contributed by atoms with Crippen LogP contribution in [0.15, 0.2) is 47.4 Å². The average Bonchev–Trinajstić information content (AvgIpc) is 2.60. The lowest BCUT2D eigenvalue weighted by Crippen LogP contribution is -2.02. The van der Waals surface area contributed by atoms with Gasteiger partial charge in [0.2, 0.25) is 0 Å². The van der Waals surface area contributed by atoms with Crippen LogP contribution in [-0.4, -0.2) is 18.1 Å². The number of unbranched alkanes of at least 4 members (excludes halogenated alkanes) is 5. The van der Waals surface area contributed by atoms with Crippen LogP contribution >= 0.6 is 0 Å². The van der Waals surface area contributed by atoms with Gasteiger partial charge in [-0.1, -0.05) is 45.1 Å². The first kappa shape index (κ1) is 20.3. The SMILES string of the molecule is CCCCCCCCc1ccc(Oc2ccc(O)cc2)c(S(=O)(=O)O)c1. The van der Waals surface area contributed by atoms with Gasteiger partial charge in [-0.05, 0) is 54.8 Å². The summed E-state index contributed by atoms with van der Waals surface area (Å²) in [6.07, 6.45) is 7.71. The summed E-state index contributed by atoms with van der Waals surface area (Å²) in [6.45, 7) is 2.18. The normalized spacial score (nSPS) is 11.5. The fraction of sp³-hybridized carbons (Fsp3) is 0.400. The molecule has 0 spiro atoms. The second-order valence-corrected chi connectivity index (χ2v) is 7.76. The summed E-state index contributed by atoms with van der Waals surface area (Å²) < 4.78 is 38.6. The molecule has 0 aliphatic rings.